The van der Waals surface area contributed by atoms with Gasteiger partial charge in [0, 0.05) is 6.04 Å². The summed E-state index contributed by atoms with van der Waals surface area (Å²) in [5.74, 6) is 6.89. The summed E-state index contributed by atoms with van der Waals surface area (Å²) < 4.78 is 13.7. The summed E-state index contributed by atoms with van der Waals surface area (Å²) in [4.78, 5) is 0. The van der Waals surface area contributed by atoms with Crippen LogP contribution in [0, 0.1) is 17.7 Å². The summed E-state index contributed by atoms with van der Waals surface area (Å²) in [7, 11) is 0. The van der Waals surface area contributed by atoms with Gasteiger partial charge in [-0.1, -0.05) is 19.4 Å². The summed E-state index contributed by atoms with van der Waals surface area (Å²) in [6.45, 7) is 2.29. The number of hydrazine groups is 1. The predicted molar refractivity (Wildman–Crippen MR) is 75.4 cm³/mol. The Kier molecular flexibility index (Phi) is 4.76. The molecule has 0 amide bonds. The van der Waals surface area contributed by atoms with Crippen molar-refractivity contribution in [3.63, 3.8) is 0 Å². The topological polar surface area (TPSA) is 38.0 Å². The molecule has 1 aliphatic rings. The lowest BCUT2D eigenvalue weighted by Gasteiger charge is -2.23. The van der Waals surface area contributed by atoms with E-state index in [1.807, 2.05) is 12.1 Å². The van der Waals surface area contributed by atoms with Gasteiger partial charge in [0.15, 0.2) is 0 Å². The second kappa shape index (κ2) is 6.13. The number of halogens is 2. The lowest BCUT2D eigenvalue weighted by Crippen LogP contribution is -2.41. The lowest BCUT2D eigenvalue weighted by atomic mass is 9.92. The predicted octanol–water partition coefficient (Wildman–Crippen LogP) is 3.40. The van der Waals surface area contributed by atoms with Crippen molar-refractivity contribution in [3.05, 3.63) is 34.1 Å². The molecule has 0 aliphatic heterocycles. The molecule has 1 fully saturated rings. The van der Waals surface area contributed by atoms with Crippen LogP contribution in [0.4, 0.5) is 4.39 Å². The van der Waals surface area contributed by atoms with E-state index in [0.29, 0.717) is 10.4 Å². The molecule has 0 spiro atoms. The van der Waals surface area contributed by atoms with Gasteiger partial charge < -0.3 is 0 Å². The molecule has 0 radical (unpaired) electrons. The summed E-state index contributed by atoms with van der Waals surface area (Å²) >= 11 is 3.22. The highest BCUT2D eigenvalue weighted by Gasteiger charge is 2.28. The highest BCUT2D eigenvalue weighted by molar-refractivity contribution is 9.10. The molecule has 4 heteroatoms. The molecule has 2 nitrogen and oxygen atoms in total. The van der Waals surface area contributed by atoms with Gasteiger partial charge in [0.25, 0.3) is 0 Å². The first-order chi connectivity index (χ1) is 8.60. The normalized spacial score (nSPS) is 25.3. The summed E-state index contributed by atoms with van der Waals surface area (Å²) in [6.07, 6.45) is 4.61. The Hall–Kier alpha value is -0.450. The van der Waals surface area contributed by atoms with Crippen LogP contribution in [0.5, 0.6) is 0 Å². The van der Waals surface area contributed by atoms with Crippen LogP contribution in [0.15, 0.2) is 22.7 Å². The Bertz CT molecular complexity index is 411. The van der Waals surface area contributed by atoms with Crippen molar-refractivity contribution in [3.8, 4) is 0 Å². The maximum Gasteiger partial charge on any atom is 0.137 e. The van der Waals surface area contributed by atoms with Gasteiger partial charge >= 0.3 is 0 Å². The first-order valence-electron chi connectivity index (χ1n) is 6.50. The van der Waals surface area contributed by atoms with Crippen molar-refractivity contribution in [2.24, 2.45) is 17.7 Å². The Morgan fingerprint density at radius 3 is 2.83 bits per heavy atom. The third-order valence-corrected chi connectivity index (χ3v) is 4.57. The van der Waals surface area contributed by atoms with Gasteiger partial charge in [-0.25, -0.2) is 4.39 Å². The number of hydrogen-bond acceptors (Lipinski definition) is 2. The van der Waals surface area contributed by atoms with Crippen LogP contribution in [0.2, 0.25) is 0 Å². The fourth-order valence-corrected chi connectivity index (χ4v) is 3.32. The molecule has 3 unspecified atom stereocenters. The maximum absolute atomic E-state index is 13.2. The molecule has 0 aromatic heterocycles. The molecule has 3 atom stereocenters. The molecule has 2 rings (SSSR count). The van der Waals surface area contributed by atoms with Gasteiger partial charge in [0.2, 0.25) is 0 Å². The molecule has 1 aromatic rings. The Balaban J connectivity index is 2.03. The van der Waals surface area contributed by atoms with Crippen LogP contribution in [0.3, 0.4) is 0 Å². The minimum atomic E-state index is -0.217. The number of nitrogens with one attached hydrogen (secondary N) is 1. The number of hydrogen-bond donors (Lipinski definition) is 2. The van der Waals surface area contributed by atoms with Gasteiger partial charge in [-0.3, -0.25) is 11.3 Å². The summed E-state index contributed by atoms with van der Waals surface area (Å²) in [5, 5.41) is 0. The molecule has 3 N–H and O–H groups in total. The molecule has 1 saturated carbocycles. The first kappa shape index (κ1) is 14.0. The largest absolute Gasteiger partial charge is 0.271 e. The summed E-state index contributed by atoms with van der Waals surface area (Å²) in [5.41, 5.74) is 4.05. The molecule has 0 heterocycles. The van der Waals surface area contributed by atoms with E-state index in [9.17, 15) is 4.39 Å². The molecule has 100 valence electrons. The van der Waals surface area contributed by atoms with Crippen LogP contribution < -0.4 is 11.3 Å². The fraction of sp³-hybridized carbons (Fsp3) is 0.571. The number of benzene rings is 1. The maximum atomic E-state index is 13.2. The van der Waals surface area contributed by atoms with Crippen LogP contribution in [0.1, 0.15) is 31.7 Å². The van der Waals surface area contributed by atoms with Crippen molar-refractivity contribution >= 4 is 15.9 Å². The highest BCUT2D eigenvalue weighted by atomic mass is 79.9. The van der Waals surface area contributed by atoms with Crippen LogP contribution in [0.25, 0.3) is 0 Å². The van der Waals surface area contributed by atoms with E-state index in [2.05, 4.69) is 28.3 Å². The Morgan fingerprint density at radius 1 is 1.50 bits per heavy atom. The van der Waals surface area contributed by atoms with Gasteiger partial charge in [-0.05, 0) is 64.7 Å². The molecule has 0 saturated heterocycles. The third kappa shape index (κ3) is 3.31. The van der Waals surface area contributed by atoms with Gasteiger partial charge in [0.1, 0.15) is 5.82 Å². The highest BCUT2D eigenvalue weighted by Crippen LogP contribution is 2.33. The smallest absolute Gasteiger partial charge is 0.137 e. The molecule has 1 aromatic carbocycles. The number of rotatable bonds is 4. The van der Waals surface area contributed by atoms with Gasteiger partial charge in [-0.15, -0.1) is 0 Å². The van der Waals surface area contributed by atoms with E-state index in [4.69, 9.17) is 5.84 Å². The van der Waals surface area contributed by atoms with Gasteiger partial charge in [-0.2, -0.15) is 0 Å². The van der Waals surface area contributed by atoms with E-state index in [-0.39, 0.29) is 11.9 Å². The van der Waals surface area contributed by atoms with Crippen molar-refractivity contribution in [2.45, 2.75) is 38.6 Å². The van der Waals surface area contributed by atoms with Crippen LogP contribution in [-0.2, 0) is 6.42 Å². The van der Waals surface area contributed by atoms with Crippen molar-refractivity contribution in [1.82, 2.24) is 5.43 Å². The summed E-state index contributed by atoms with van der Waals surface area (Å²) in [6, 6.07) is 5.47. The lowest BCUT2D eigenvalue weighted by molar-refractivity contribution is 0.352. The Labute approximate surface area is 116 Å². The minimum absolute atomic E-state index is 0.217. The quantitative estimate of drug-likeness (QED) is 0.660. The van der Waals surface area contributed by atoms with Crippen LogP contribution in [-0.4, -0.2) is 6.04 Å². The number of nitrogens with two attached hydrogens (primary N) is 1. The van der Waals surface area contributed by atoms with Crippen molar-refractivity contribution < 1.29 is 4.39 Å². The second-order valence-corrected chi connectivity index (χ2v) is 6.26. The van der Waals surface area contributed by atoms with Crippen molar-refractivity contribution in [1.29, 1.82) is 0 Å². The van der Waals surface area contributed by atoms with E-state index in [0.717, 1.165) is 17.9 Å². The SMILES string of the molecule is CC1CCC(C(Cc2ccc(F)c(Br)c2)NN)C1. The van der Waals surface area contributed by atoms with Gasteiger partial charge in [0.05, 0.1) is 4.47 Å². The minimum Gasteiger partial charge on any atom is -0.271 e. The fourth-order valence-electron chi connectivity index (χ4n) is 2.90. The molecule has 0 bridgehead atoms. The third-order valence-electron chi connectivity index (χ3n) is 3.96. The van der Waals surface area contributed by atoms with Crippen molar-refractivity contribution in [2.75, 3.05) is 0 Å². The molecular weight excluding hydrogens is 295 g/mol. The zero-order valence-electron chi connectivity index (χ0n) is 10.6. The van der Waals surface area contributed by atoms with E-state index >= 15 is 0 Å². The molecule has 18 heavy (non-hydrogen) atoms. The van der Waals surface area contributed by atoms with Crippen LogP contribution >= 0.6 is 15.9 Å². The van der Waals surface area contributed by atoms with E-state index in [1.54, 1.807) is 0 Å². The standard InChI is InChI=1S/C14H20BrFN2/c1-9-2-4-11(6-9)14(18-17)8-10-3-5-13(16)12(15)7-10/h3,5,7,9,11,14,18H,2,4,6,8,17H2,1H3. The Morgan fingerprint density at radius 2 is 2.28 bits per heavy atom. The zero-order chi connectivity index (χ0) is 13.1. The molecule has 1 aliphatic carbocycles. The van der Waals surface area contributed by atoms with E-state index < -0.39 is 0 Å². The second-order valence-electron chi connectivity index (χ2n) is 5.40. The average Bonchev–Trinajstić information content (AvgIpc) is 2.77. The first-order valence-corrected chi connectivity index (χ1v) is 7.29. The monoisotopic (exact) mass is 314 g/mol. The molecular formula is C14H20BrFN2. The zero-order valence-corrected chi connectivity index (χ0v) is 12.2. The average molecular weight is 315 g/mol. The van der Waals surface area contributed by atoms with E-state index in [1.165, 1.54) is 25.3 Å².